The quantitative estimate of drug-likeness (QED) is 0.703. The van der Waals surface area contributed by atoms with Gasteiger partial charge in [0.05, 0.1) is 0 Å². The average Bonchev–Trinajstić information content (AvgIpc) is 2.25. The minimum absolute atomic E-state index is 0.821. The second-order valence-electron chi connectivity index (χ2n) is 5.16. The molecule has 0 atom stereocenters. The molecule has 2 heteroatoms. The van der Waals surface area contributed by atoms with Crippen LogP contribution in [0.1, 0.15) is 44.2 Å². The molecule has 0 aliphatic heterocycles. The van der Waals surface area contributed by atoms with Gasteiger partial charge in [-0.15, -0.1) is 0 Å². The first-order valence-corrected chi connectivity index (χ1v) is 6.93. The molecule has 0 saturated carbocycles. The van der Waals surface area contributed by atoms with Crippen LogP contribution in [0.3, 0.4) is 0 Å². The van der Waals surface area contributed by atoms with E-state index >= 15 is 0 Å². The molecule has 0 amide bonds. The predicted molar refractivity (Wildman–Crippen MR) is 76.6 cm³/mol. The Morgan fingerprint density at radius 2 is 2.00 bits per heavy atom. The molecule has 0 aromatic heterocycles. The molecule has 0 fully saturated rings. The van der Waals surface area contributed by atoms with E-state index < -0.39 is 0 Å². The van der Waals surface area contributed by atoms with E-state index in [0.29, 0.717) is 0 Å². The third-order valence-corrected chi connectivity index (χ3v) is 3.26. The van der Waals surface area contributed by atoms with Crippen LogP contribution in [0.2, 0.25) is 5.02 Å². The Morgan fingerprint density at radius 1 is 1.24 bits per heavy atom. The fraction of sp³-hybridized carbons (Fsp3) is 0.600. The van der Waals surface area contributed by atoms with E-state index in [2.05, 4.69) is 38.2 Å². The van der Waals surface area contributed by atoms with Crippen molar-refractivity contribution in [3.63, 3.8) is 0 Å². The molecule has 1 N–H and O–H groups in total. The Hall–Kier alpha value is -0.530. The van der Waals surface area contributed by atoms with Gasteiger partial charge in [-0.2, -0.15) is 0 Å². The molecule has 1 rings (SSSR count). The molecule has 17 heavy (non-hydrogen) atoms. The van der Waals surface area contributed by atoms with Crippen molar-refractivity contribution in [3.05, 3.63) is 34.3 Å². The molecule has 0 radical (unpaired) electrons. The van der Waals surface area contributed by atoms with Crippen LogP contribution in [0, 0.1) is 12.8 Å². The molecule has 96 valence electrons. The molecule has 0 heterocycles. The summed E-state index contributed by atoms with van der Waals surface area (Å²) in [5.41, 5.74) is 2.41. The fourth-order valence-corrected chi connectivity index (χ4v) is 2.12. The highest BCUT2D eigenvalue weighted by molar-refractivity contribution is 6.31. The van der Waals surface area contributed by atoms with Gasteiger partial charge in [-0.25, -0.2) is 0 Å². The van der Waals surface area contributed by atoms with Gasteiger partial charge in [0.2, 0.25) is 0 Å². The lowest BCUT2D eigenvalue weighted by Gasteiger charge is -2.08. The van der Waals surface area contributed by atoms with E-state index in [9.17, 15) is 0 Å². The summed E-state index contributed by atoms with van der Waals surface area (Å²) in [5, 5.41) is 4.33. The monoisotopic (exact) mass is 253 g/mol. The molecule has 1 nitrogen and oxygen atoms in total. The van der Waals surface area contributed by atoms with Gasteiger partial charge in [0.15, 0.2) is 0 Å². The van der Waals surface area contributed by atoms with Gasteiger partial charge in [0, 0.05) is 11.6 Å². The van der Waals surface area contributed by atoms with Crippen LogP contribution < -0.4 is 5.32 Å². The van der Waals surface area contributed by atoms with Gasteiger partial charge in [-0.1, -0.05) is 50.4 Å². The number of nitrogens with one attached hydrogen (secondary N) is 1. The number of rotatable bonds is 7. The topological polar surface area (TPSA) is 12.0 Å². The van der Waals surface area contributed by atoms with Crippen LogP contribution in [0.4, 0.5) is 0 Å². The van der Waals surface area contributed by atoms with Crippen molar-refractivity contribution in [2.75, 3.05) is 6.54 Å². The van der Waals surface area contributed by atoms with E-state index in [-0.39, 0.29) is 0 Å². The maximum atomic E-state index is 6.17. The Kier molecular flexibility index (Phi) is 6.61. The molecule has 1 aromatic rings. The van der Waals surface area contributed by atoms with Gasteiger partial charge < -0.3 is 5.32 Å². The van der Waals surface area contributed by atoms with E-state index in [1.807, 2.05) is 6.07 Å². The standard InChI is InChI=1S/C15H24ClN/c1-12(2)6-4-5-9-17-11-14-8-7-13(3)10-15(14)16/h7-8,10,12,17H,4-6,9,11H2,1-3H3. The van der Waals surface area contributed by atoms with Crippen molar-refractivity contribution in [3.8, 4) is 0 Å². The Labute approximate surface area is 111 Å². The van der Waals surface area contributed by atoms with Crippen LogP contribution in [0.25, 0.3) is 0 Å². The summed E-state index contributed by atoms with van der Waals surface area (Å²) in [6.07, 6.45) is 3.89. The summed E-state index contributed by atoms with van der Waals surface area (Å²) in [4.78, 5) is 0. The summed E-state index contributed by atoms with van der Waals surface area (Å²) in [6.45, 7) is 8.58. The number of halogens is 1. The second-order valence-corrected chi connectivity index (χ2v) is 5.57. The lowest BCUT2D eigenvalue weighted by Crippen LogP contribution is -2.15. The number of aryl methyl sites for hydroxylation is 1. The van der Waals surface area contributed by atoms with Gasteiger partial charge in [0.25, 0.3) is 0 Å². The van der Waals surface area contributed by atoms with Crippen LogP contribution in [-0.2, 0) is 6.54 Å². The highest BCUT2D eigenvalue weighted by atomic mass is 35.5. The third-order valence-electron chi connectivity index (χ3n) is 2.91. The van der Waals surface area contributed by atoms with Crippen molar-refractivity contribution in [2.24, 2.45) is 5.92 Å². The number of hydrogen-bond donors (Lipinski definition) is 1. The highest BCUT2D eigenvalue weighted by Crippen LogP contribution is 2.17. The van der Waals surface area contributed by atoms with Crippen LogP contribution in [0.15, 0.2) is 18.2 Å². The molecule has 0 aliphatic carbocycles. The summed E-state index contributed by atoms with van der Waals surface area (Å²) in [6, 6.07) is 6.25. The first-order valence-electron chi connectivity index (χ1n) is 6.55. The zero-order chi connectivity index (χ0) is 12.7. The van der Waals surface area contributed by atoms with Crippen molar-refractivity contribution >= 4 is 11.6 Å². The Balaban J connectivity index is 2.18. The van der Waals surface area contributed by atoms with Crippen LogP contribution in [-0.4, -0.2) is 6.54 Å². The van der Waals surface area contributed by atoms with Crippen LogP contribution >= 0.6 is 11.6 Å². The van der Waals surface area contributed by atoms with E-state index in [1.165, 1.54) is 30.4 Å². The molecule has 0 spiro atoms. The fourth-order valence-electron chi connectivity index (χ4n) is 1.82. The van der Waals surface area contributed by atoms with E-state index in [4.69, 9.17) is 11.6 Å². The molecule has 0 saturated heterocycles. The maximum Gasteiger partial charge on any atom is 0.0453 e. The van der Waals surface area contributed by atoms with Gasteiger partial charge >= 0.3 is 0 Å². The summed E-state index contributed by atoms with van der Waals surface area (Å²) in [5.74, 6) is 0.821. The largest absolute Gasteiger partial charge is 0.313 e. The van der Waals surface area contributed by atoms with Crippen molar-refractivity contribution in [1.29, 1.82) is 0 Å². The minimum Gasteiger partial charge on any atom is -0.313 e. The molecular formula is C15H24ClN. The lowest BCUT2D eigenvalue weighted by molar-refractivity contribution is 0.520. The average molecular weight is 254 g/mol. The number of hydrogen-bond acceptors (Lipinski definition) is 1. The van der Waals surface area contributed by atoms with E-state index in [0.717, 1.165) is 24.0 Å². The normalized spacial score (nSPS) is 11.1. The van der Waals surface area contributed by atoms with E-state index in [1.54, 1.807) is 0 Å². The highest BCUT2D eigenvalue weighted by Gasteiger charge is 2.00. The number of unbranched alkanes of at least 4 members (excludes halogenated alkanes) is 1. The second kappa shape index (κ2) is 7.73. The van der Waals surface area contributed by atoms with Gasteiger partial charge in [-0.05, 0) is 43.0 Å². The first-order chi connectivity index (χ1) is 8.09. The molecule has 0 unspecified atom stereocenters. The maximum absolute atomic E-state index is 6.17. The number of benzene rings is 1. The van der Waals surface area contributed by atoms with Gasteiger partial charge in [0.1, 0.15) is 0 Å². The third kappa shape index (κ3) is 6.09. The van der Waals surface area contributed by atoms with Gasteiger partial charge in [-0.3, -0.25) is 0 Å². The molecule has 0 aliphatic rings. The zero-order valence-electron chi connectivity index (χ0n) is 11.2. The van der Waals surface area contributed by atoms with Crippen molar-refractivity contribution in [1.82, 2.24) is 5.32 Å². The summed E-state index contributed by atoms with van der Waals surface area (Å²) < 4.78 is 0. The smallest absolute Gasteiger partial charge is 0.0453 e. The Bertz CT molecular complexity index is 334. The summed E-state index contributed by atoms with van der Waals surface area (Å²) in [7, 11) is 0. The SMILES string of the molecule is Cc1ccc(CNCCCCC(C)C)c(Cl)c1. The molecule has 1 aromatic carbocycles. The Morgan fingerprint density at radius 3 is 2.65 bits per heavy atom. The molecule has 0 bridgehead atoms. The lowest BCUT2D eigenvalue weighted by atomic mass is 10.1. The van der Waals surface area contributed by atoms with Crippen molar-refractivity contribution < 1.29 is 0 Å². The zero-order valence-corrected chi connectivity index (χ0v) is 12.0. The van der Waals surface area contributed by atoms with Crippen molar-refractivity contribution in [2.45, 2.75) is 46.6 Å². The summed E-state index contributed by atoms with van der Waals surface area (Å²) >= 11 is 6.17. The van der Waals surface area contributed by atoms with Crippen LogP contribution in [0.5, 0.6) is 0 Å². The minimum atomic E-state index is 0.821. The predicted octanol–water partition coefficient (Wildman–Crippen LogP) is 4.56. The first kappa shape index (κ1) is 14.5. The molecular weight excluding hydrogens is 230 g/mol.